The molecular weight excluding hydrogens is 440 g/mol. The van der Waals surface area contributed by atoms with Crippen LogP contribution in [0, 0.1) is 6.92 Å². The number of esters is 1. The molecule has 0 radical (unpaired) electrons. The minimum absolute atomic E-state index is 0.172. The molecule has 0 fully saturated rings. The molecule has 0 aromatic carbocycles. The monoisotopic (exact) mass is 464 g/mol. The molecule has 160 valence electrons. The Hall–Kier alpha value is -2.17. The second-order valence-electron chi connectivity index (χ2n) is 6.48. The Morgan fingerprint density at radius 2 is 2.10 bits per heavy atom. The van der Waals surface area contributed by atoms with E-state index in [0.717, 1.165) is 22.7 Å². The number of nitrogens with zero attached hydrogens (tertiary/aromatic N) is 3. The SMILES string of the molecule is CCOC(=O)c1c(NC(=O)CSc2nnc(Cc3cccs3)n2C)sc(CC)c1C. The van der Waals surface area contributed by atoms with Gasteiger partial charge in [0, 0.05) is 23.2 Å². The summed E-state index contributed by atoms with van der Waals surface area (Å²) in [4.78, 5) is 27.2. The number of thiophene rings is 2. The van der Waals surface area contributed by atoms with Crippen molar-refractivity contribution in [1.82, 2.24) is 14.8 Å². The summed E-state index contributed by atoms with van der Waals surface area (Å²) in [6, 6.07) is 4.07. The molecule has 7 nitrogen and oxygen atoms in total. The van der Waals surface area contributed by atoms with E-state index in [4.69, 9.17) is 4.74 Å². The number of carbonyl (C=O) groups is 2. The minimum Gasteiger partial charge on any atom is -0.462 e. The lowest BCUT2D eigenvalue weighted by Crippen LogP contribution is -2.16. The highest BCUT2D eigenvalue weighted by molar-refractivity contribution is 7.99. The fraction of sp³-hybridized carbons (Fsp3) is 0.400. The Labute approximate surface area is 187 Å². The first-order valence-electron chi connectivity index (χ1n) is 9.57. The fourth-order valence-corrected chi connectivity index (χ4v) is 5.50. The summed E-state index contributed by atoms with van der Waals surface area (Å²) in [6.45, 7) is 5.97. The molecule has 1 N–H and O–H groups in total. The lowest BCUT2D eigenvalue weighted by atomic mass is 10.1. The number of hydrogen-bond donors (Lipinski definition) is 1. The van der Waals surface area contributed by atoms with Gasteiger partial charge in [-0.15, -0.1) is 32.9 Å². The number of amides is 1. The number of nitrogens with one attached hydrogen (secondary N) is 1. The molecule has 0 saturated carbocycles. The molecule has 0 spiro atoms. The van der Waals surface area contributed by atoms with E-state index in [1.165, 1.54) is 28.0 Å². The van der Waals surface area contributed by atoms with Gasteiger partial charge in [-0.25, -0.2) is 4.79 Å². The van der Waals surface area contributed by atoms with Crippen LogP contribution in [0.5, 0.6) is 0 Å². The minimum atomic E-state index is -0.402. The molecule has 0 aliphatic carbocycles. The molecule has 0 saturated heterocycles. The molecule has 3 aromatic rings. The zero-order valence-electron chi connectivity index (χ0n) is 17.4. The first-order chi connectivity index (χ1) is 14.4. The van der Waals surface area contributed by atoms with Crippen molar-refractivity contribution in [3.8, 4) is 0 Å². The average Bonchev–Trinajstić information content (AvgIpc) is 3.42. The zero-order valence-corrected chi connectivity index (χ0v) is 19.8. The van der Waals surface area contributed by atoms with Crippen LogP contribution in [0.3, 0.4) is 0 Å². The third kappa shape index (κ3) is 5.11. The number of anilines is 1. The van der Waals surface area contributed by atoms with E-state index in [0.29, 0.717) is 28.7 Å². The molecule has 3 aromatic heterocycles. The topological polar surface area (TPSA) is 86.1 Å². The summed E-state index contributed by atoms with van der Waals surface area (Å²) in [7, 11) is 1.90. The Morgan fingerprint density at radius 1 is 1.30 bits per heavy atom. The van der Waals surface area contributed by atoms with Gasteiger partial charge in [0.15, 0.2) is 5.16 Å². The highest BCUT2D eigenvalue weighted by atomic mass is 32.2. The summed E-state index contributed by atoms with van der Waals surface area (Å²) >= 11 is 4.42. The van der Waals surface area contributed by atoms with Gasteiger partial charge in [-0.2, -0.15) is 0 Å². The van der Waals surface area contributed by atoms with Crippen molar-refractivity contribution >= 4 is 51.3 Å². The standard InChI is InChI=1S/C20H24N4O3S3/c1-5-14-12(3)17(19(26)27-6-2)18(30-14)21-16(25)11-29-20-23-22-15(24(20)4)10-13-8-7-9-28-13/h7-9H,5-6,10-11H2,1-4H3,(H,21,25). The molecule has 0 aliphatic heterocycles. The quantitative estimate of drug-likeness (QED) is 0.375. The van der Waals surface area contributed by atoms with Crippen LogP contribution in [0.1, 0.15) is 45.3 Å². The summed E-state index contributed by atoms with van der Waals surface area (Å²) in [5.41, 5.74) is 1.32. The molecule has 0 atom stereocenters. The number of rotatable bonds is 9. The van der Waals surface area contributed by atoms with E-state index < -0.39 is 5.97 Å². The normalized spacial score (nSPS) is 10.9. The van der Waals surface area contributed by atoms with E-state index in [2.05, 4.69) is 21.6 Å². The molecule has 10 heteroatoms. The second-order valence-corrected chi connectivity index (χ2v) is 9.56. The van der Waals surface area contributed by atoms with E-state index in [-0.39, 0.29) is 11.7 Å². The van der Waals surface area contributed by atoms with E-state index in [9.17, 15) is 9.59 Å². The molecule has 0 aliphatic rings. The van der Waals surface area contributed by atoms with Gasteiger partial charge in [0.25, 0.3) is 0 Å². The largest absolute Gasteiger partial charge is 0.462 e. The van der Waals surface area contributed by atoms with Gasteiger partial charge in [0.2, 0.25) is 5.91 Å². The van der Waals surface area contributed by atoms with Crippen LogP contribution >= 0.6 is 34.4 Å². The highest BCUT2D eigenvalue weighted by Gasteiger charge is 2.23. The fourth-order valence-electron chi connectivity index (χ4n) is 2.92. The Bertz CT molecular complexity index is 1020. The molecule has 1 amide bonds. The number of aryl methyl sites for hydroxylation is 1. The van der Waals surface area contributed by atoms with E-state index >= 15 is 0 Å². The molecule has 3 rings (SSSR count). The average molecular weight is 465 g/mol. The third-order valence-corrected chi connectivity index (χ3v) is 7.72. The Morgan fingerprint density at radius 3 is 2.77 bits per heavy atom. The van der Waals surface area contributed by atoms with Crippen molar-refractivity contribution in [3.63, 3.8) is 0 Å². The van der Waals surface area contributed by atoms with Crippen LogP contribution in [-0.2, 0) is 29.4 Å². The number of aromatic nitrogens is 3. The van der Waals surface area contributed by atoms with Crippen molar-refractivity contribution in [2.24, 2.45) is 7.05 Å². The highest BCUT2D eigenvalue weighted by Crippen LogP contribution is 2.34. The van der Waals surface area contributed by atoms with Gasteiger partial charge < -0.3 is 14.6 Å². The third-order valence-electron chi connectivity index (χ3n) is 4.47. The van der Waals surface area contributed by atoms with Gasteiger partial charge >= 0.3 is 5.97 Å². The van der Waals surface area contributed by atoms with Crippen LogP contribution < -0.4 is 5.32 Å². The summed E-state index contributed by atoms with van der Waals surface area (Å²) < 4.78 is 7.08. The summed E-state index contributed by atoms with van der Waals surface area (Å²) in [5.74, 6) is 0.426. The Balaban J connectivity index is 1.65. The van der Waals surface area contributed by atoms with E-state index in [1.54, 1.807) is 18.3 Å². The molecule has 0 unspecified atom stereocenters. The molecule has 30 heavy (non-hydrogen) atoms. The van der Waals surface area contributed by atoms with Crippen LogP contribution in [-0.4, -0.2) is 39.0 Å². The van der Waals surface area contributed by atoms with Crippen molar-refractivity contribution in [2.75, 3.05) is 17.7 Å². The molecular formula is C20H24N4O3S3. The first kappa shape index (κ1) is 22.5. The number of ether oxygens (including phenoxy) is 1. The van der Waals surface area contributed by atoms with Crippen molar-refractivity contribution in [1.29, 1.82) is 0 Å². The zero-order chi connectivity index (χ0) is 21.7. The van der Waals surface area contributed by atoms with Gasteiger partial charge in [0.05, 0.1) is 17.9 Å². The molecule has 0 bridgehead atoms. The summed E-state index contributed by atoms with van der Waals surface area (Å²) in [6.07, 6.45) is 1.50. The number of thioether (sulfide) groups is 1. The van der Waals surface area contributed by atoms with Gasteiger partial charge in [0.1, 0.15) is 10.8 Å². The maximum atomic E-state index is 12.6. The van der Waals surface area contributed by atoms with Crippen LogP contribution in [0.25, 0.3) is 0 Å². The smallest absolute Gasteiger partial charge is 0.341 e. The van der Waals surface area contributed by atoms with Crippen LogP contribution in [0.15, 0.2) is 22.7 Å². The number of hydrogen-bond acceptors (Lipinski definition) is 8. The van der Waals surface area contributed by atoms with Crippen molar-refractivity contribution in [2.45, 2.75) is 38.8 Å². The predicted octanol–water partition coefficient (Wildman–Crippen LogP) is 4.31. The molecule has 3 heterocycles. The first-order valence-corrected chi connectivity index (χ1v) is 12.2. The van der Waals surface area contributed by atoms with E-state index in [1.807, 2.05) is 36.9 Å². The van der Waals surface area contributed by atoms with Gasteiger partial charge in [-0.3, -0.25) is 4.79 Å². The lowest BCUT2D eigenvalue weighted by Gasteiger charge is -2.07. The second kappa shape index (κ2) is 10.2. The lowest BCUT2D eigenvalue weighted by molar-refractivity contribution is -0.113. The van der Waals surface area contributed by atoms with Crippen molar-refractivity contribution in [3.05, 3.63) is 44.2 Å². The maximum Gasteiger partial charge on any atom is 0.341 e. The Kier molecular flexibility index (Phi) is 7.68. The van der Waals surface area contributed by atoms with Crippen LogP contribution in [0.2, 0.25) is 0 Å². The van der Waals surface area contributed by atoms with Gasteiger partial charge in [-0.1, -0.05) is 24.8 Å². The maximum absolute atomic E-state index is 12.6. The van der Waals surface area contributed by atoms with Gasteiger partial charge in [-0.05, 0) is 37.3 Å². The number of carbonyl (C=O) groups excluding carboxylic acids is 2. The predicted molar refractivity (Wildman–Crippen MR) is 122 cm³/mol. The summed E-state index contributed by atoms with van der Waals surface area (Å²) in [5, 5.41) is 14.6. The van der Waals surface area contributed by atoms with Crippen molar-refractivity contribution < 1.29 is 14.3 Å². The van der Waals surface area contributed by atoms with Crippen LogP contribution in [0.4, 0.5) is 5.00 Å².